The SMILES string of the molecule is CCCNC(=S)Nc1ccc(S(=O)(=O)Nc2ccccc2OC)cc1. The smallest absolute Gasteiger partial charge is 0.262 e. The first-order valence-corrected chi connectivity index (χ1v) is 9.66. The topological polar surface area (TPSA) is 79.5 Å². The number of thiocarbonyl (C=S) groups is 1. The van der Waals surface area contributed by atoms with Crippen LogP contribution in [-0.4, -0.2) is 27.2 Å². The van der Waals surface area contributed by atoms with E-state index in [1.54, 1.807) is 36.4 Å². The molecule has 0 bridgehead atoms. The number of benzene rings is 2. The molecule has 0 spiro atoms. The molecule has 0 saturated heterocycles. The van der Waals surface area contributed by atoms with Gasteiger partial charge in [-0.3, -0.25) is 4.72 Å². The number of sulfonamides is 1. The molecule has 0 fully saturated rings. The maximum atomic E-state index is 12.5. The first-order valence-electron chi connectivity index (χ1n) is 7.77. The van der Waals surface area contributed by atoms with Crippen molar-refractivity contribution in [1.29, 1.82) is 0 Å². The average molecular weight is 380 g/mol. The third-order valence-corrected chi connectivity index (χ3v) is 4.94. The predicted molar refractivity (Wildman–Crippen MR) is 105 cm³/mol. The lowest BCUT2D eigenvalue weighted by Crippen LogP contribution is -2.28. The minimum atomic E-state index is -3.71. The predicted octanol–water partition coefficient (Wildman–Crippen LogP) is 3.19. The van der Waals surface area contributed by atoms with Gasteiger partial charge in [0.15, 0.2) is 5.11 Å². The number of methoxy groups -OCH3 is 1. The van der Waals surface area contributed by atoms with Crippen LogP contribution in [0, 0.1) is 0 Å². The van der Waals surface area contributed by atoms with Gasteiger partial charge in [-0.05, 0) is 55.0 Å². The highest BCUT2D eigenvalue weighted by Gasteiger charge is 2.16. The minimum absolute atomic E-state index is 0.149. The van der Waals surface area contributed by atoms with Crippen LogP contribution in [0.4, 0.5) is 11.4 Å². The molecule has 0 aliphatic carbocycles. The summed E-state index contributed by atoms with van der Waals surface area (Å²) in [5.74, 6) is 0.455. The monoisotopic (exact) mass is 379 g/mol. The van der Waals surface area contributed by atoms with Crippen LogP contribution in [0.2, 0.25) is 0 Å². The van der Waals surface area contributed by atoms with Crippen molar-refractivity contribution in [3.05, 3.63) is 48.5 Å². The Labute approximate surface area is 153 Å². The number of anilines is 2. The second-order valence-corrected chi connectivity index (χ2v) is 7.30. The summed E-state index contributed by atoms with van der Waals surface area (Å²) >= 11 is 5.16. The van der Waals surface area contributed by atoms with Crippen LogP contribution in [-0.2, 0) is 10.0 Å². The van der Waals surface area contributed by atoms with Gasteiger partial charge in [-0.2, -0.15) is 0 Å². The molecular weight excluding hydrogens is 358 g/mol. The van der Waals surface area contributed by atoms with Crippen molar-refractivity contribution in [2.45, 2.75) is 18.2 Å². The molecule has 3 N–H and O–H groups in total. The number of rotatable bonds is 7. The Morgan fingerprint density at radius 1 is 1.12 bits per heavy atom. The first kappa shape index (κ1) is 19.0. The molecule has 0 amide bonds. The summed E-state index contributed by atoms with van der Waals surface area (Å²) in [6, 6.07) is 13.2. The van der Waals surface area contributed by atoms with Gasteiger partial charge in [-0.15, -0.1) is 0 Å². The van der Waals surface area contributed by atoms with E-state index in [1.807, 2.05) is 6.92 Å². The highest BCUT2D eigenvalue weighted by Crippen LogP contribution is 2.26. The van der Waals surface area contributed by atoms with Gasteiger partial charge in [0, 0.05) is 12.2 Å². The fourth-order valence-corrected chi connectivity index (χ4v) is 3.35. The molecule has 0 heterocycles. The van der Waals surface area contributed by atoms with Gasteiger partial charge in [-0.1, -0.05) is 19.1 Å². The third-order valence-electron chi connectivity index (χ3n) is 3.31. The standard InChI is InChI=1S/C17H21N3O3S2/c1-3-12-18-17(24)19-13-8-10-14(11-9-13)25(21,22)20-15-6-4-5-7-16(15)23-2/h4-11,20H,3,12H2,1-2H3,(H2,18,19,24). The average Bonchev–Trinajstić information content (AvgIpc) is 2.60. The zero-order valence-electron chi connectivity index (χ0n) is 14.1. The van der Waals surface area contributed by atoms with E-state index in [0.717, 1.165) is 13.0 Å². The van der Waals surface area contributed by atoms with E-state index < -0.39 is 10.0 Å². The Kier molecular flexibility index (Phi) is 6.60. The summed E-state index contributed by atoms with van der Waals surface area (Å²) in [7, 11) is -2.22. The van der Waals surface area contributed by atoms with E-state index in [1.165, 1.54) is 19.2 Å². The summed E-state index contributed by atoms with van der Waals surface area (Å²) in [6.07, 6.45) is 0.966. The molecule has 134 valence electrons. The summed E-state index contributed by atoms with van der Waals surface area (Å²) in [5.41, 5.74) is 1.10. The van der Waals surface area contributed by atoms with E-state index in [-0.39, 0.29) is 4.90 Å². The minimum Gasteiger partial charge on any atom is -0.495 e. The number of hydrogen-bond donors (Lipinski definition) is 3. The lowest BCUT2D eigenvalue weighted by molar-refractivity contribution is 0.417. The second kappa shape index (κ2) is 8.68. The lowest BCUT2D eigenvalue weighted by atomic mass is 10.3. The van der Waals surface area contributed by atoms with Crippen LogP contribution >= 0.6 is 12.2 Å². The van der Waals surface area contributed by atoms with Crippen LogP contribution < -0.4 is 20.1 Å². The normalized spacial score (nSPS) is 10.8. The quantitative estimate of drug-likeness (QED) is 0.641. The Bertz CT molecular complexity index is 821. The Hall–Kier alpha value is -2.32. The van der Waals surface area contributed by atoms with Crippen LogP contribution in [0.15, 0.2) is 53.4 Å². The summed E-state index contributed by atoms with van der Waals surface area (Å²) < 4.78 is 32.7. The van der Waals surface area contributed by atoms with Gasteiger partial charge >= 0.3 is 0 Å². The number of hydrogen-bond acceptors (Lipinski definition) is 4. The van der Waals surface area contributed by atoms with Gasteiger partial charge in [0.25, 0.3) is 10.0 Å². The van der Waals surface area contributed by atoms with Crippen molar-refractivity contribution in [3.8, 4) is 5.75 Å². The Morgan fingerprint density at radius 2 is 1.80 bits per heavy atom. The maximum Gasteiger partial charge on any atom is 0.262 e. The van der Waals surface area contributed by atoms with Gasteiger partial charge in [0.05, 0.1) is 17.7 Å². The van der Waals surface area contributed by atoms with Crippen molar-refractivity contribution in [3.63, 3.8) is 0 Å². The molecule has 0 aliphatic rings. The first-order chi connectivity index (χ1) is 12.0. The third kappa shape index (κ3) is 5.33. The number of nitrogens with one attached hydrogen (secondary N) is 3. The van der Waals surface area contributed by atoms with Crippen LogP contribution in [0.5, 0.6) is 5.75 Å². The van der Waals surface area contributed by atoms with Crippen molar-refractivity contribution >= 4 is 38.7 Å². The van der Waals surface area contributed by atoms with Gasteiger partial charge in [0.1, 0.15) is 5.75 Å². The molecule has 0 radical (unpaired) electrons. The summed E-state index contributed by atoms with van der Waals surface area (Å²) in [6.45, 7) is 2.82. The second-order valence-electron chi connectivity index (χ2n) is 5.21. The Morgan fingerprint density at radius 3 is 2.44 bits per heavy atom. The van der Waals surface area contributed by atoms with Crippen molar-refractivity contribution in [2.75, 3.05) is 23.7 Å². The van der Waals surface area contributed by atoms with Crippen molar-refractivity contribution < 1.29 is 13.2 Å². The largest absolute Gasteiger partial charge is 0.495 e. The van der Waals surface area contributed by atoms with Gasteiger partial charge < -0.3 is 15.4 Å². The number of para-hydroxylation sites is 2. The van der Waals surface area contributed by atoms with Gasteiger partial charge in [-0.25, -0.2) is 8.42 Å². The van der Waals surface area contributed by atoms with Crippen LogP contribution in [0.3, 0.4) is 0 Å². The molecule has 2 aromatic rings. The fourth-order valence-electron chi connectivity index (χ4n) is 2.06. The van der Waals surface area contributed by atoms with Gasteiger partial charge in [0.2, 0.25) is 0 Å². The van der Waals surface area contributed by atoms with E-state index in [4.69, 9.17) is 17.0 Å². The van der Waals surface area contributed by atoms with E-state index in [2.05, 4.69) is 15.4 Å². The molecule has 2 rings (SSSR count). The maximum absolute atomic E-state index is 12.5. The molecular formula is C17H21N3O3S2. The zero-order chi connectivity index (χ0) is 18.3. The molecule has 0 aliphatic heterocycles. The van der Waals surface area contributed by atoms with Crippen LogP contribution in [0.1, 0.15) is 13.3 Å². The molecule has 6 nitrogen and oxygen atoms in total. The highest BCUT2D eigenvalue weighted by molar-refractivity contribution is 7.92. The number of ether oxygens (including phenoxy) is 1. The zero-order valence-corrected chi connectivity index (χ0v) is 15.7. The molecule has 0 atom stereocenters. The van der Waals surface area contributed by atoms with Crippen molar-refractivity contribution in [2.24, 2.45) is 0 Å². The van der Waals surface area contributed by atoms with E-state index >= 15 is 0 Å². The molecule has 2 aromatic carbocycles. The highest BCUT2D eigenvalue weighted by atomic mass is 32.2. The fraction of sp³-hybridized carbons (Fsp3) is 0.235. The van der Waals surface area contributed by atoms with E-state index in [9.17, 15) is 8.42 Å². The van der Waals surface area contributed by atoms with Crippen molar-refractivity contribution in [1.82, 2.24) is 5.32 Å². The molecule has 25 heavy (non-hydrogen) atoms. The molecule has 0 saturated carbocycles. The Balaban J connectivity index is 2.11. The lowest BCUT2D eigenvalue weighted by Gasteiger charge is -2.13. The summed E-state index contributed by atoms with van der Waals surface area (Å²) in [4.78, 5) is 0.149. The van der Waals surface area contributed by atoms with Crippen LogP contribution in [0.25, 0.3) is 0 Å². The molecule has 0 aromatic heterocycles. The summed E-state index contributed by atoms with van der Waals surface area (Å²) in [5, 5.41) is 6.56. The molecule has 0 unspecified atom stereocenters. The molecule has 8 heteroatoms. The van der Waals surface area contributed by atoms with E-state index in [0.29, 0.717) is 22.2 Å².